The van der Waals surface area contributed by atoms with Gasteiger partial charge in [0.1, 0.15) is 17.4 Å². The molecule has 2 rings (SSSR count). The zero-order valence-corrected chi connectivity index (χ0v) is 16.0. The predicted molar refractivity (Wildman–Crippen MR) is 99.6 cm³/mol. The highest BCUT2D eigenvalue weighted by molar-refractivity contribution is 5.83. The quantitative estimate of drug-likeness (QED) is 0.453. The lowest BCUT2D eigenvalue weighted by molar-refractivity contribution is -0.171. The average Bonchev–Trinajstić information content (AvgIpc) is 2.56. The lowest BCUT2D eigenvalue weighted by atomic mass is 9.91. The van der Waals surface area contributed by atoms with Gasteiger partial charge in [-0.15, -0.1) is 0 Å². The van der Waals surface area contributed by atoms with E-state index in [2.05, 4.69) is 0 Å². The van der Waals surface area contributed by atoms with Gasteiger partial charge in [0.15, 0.2) is 6.10 Å². The average molecular weight is 376 g/mol. The number of benzene rings is 1. The van der Waals surface area contributed by atoms with Crippen molar-refractivity contribution in [3.05, 3.63) is 51.9 Å². The van der Waals surface area contributed by atoms with Crippen molar-refractivity contribution in [3.63, 3.8) is 0 Å². The first-order valence-corrected chi connectivity index (χ1v) is 8.40. The molecule has 146 valence electrons. The second-order valence-electron chi connectivity index (χ2n) is 7.06. The summed E-state index contributed by atoms with van der Waals surface area (Å²) in [4.78, 5) is 23.4. The van der Waals surface area contributed by atoms with Crippen LogP contribution in [0.2, 0.25) is 0 Å². The number of carbonyl (C=O) groups excluding carboxylic acids is 1. The summed E-state index contributed by atoms with van der Waals surface area (Å²) in [6.07, 6.45) is -1.37. The van der Waals surface area contributed by atoms with E-state index in [-0.39, 0.29) is 16.9 Å². The maximum Gasteiger partial charge on any atom is 0.336 e. The van der Waals surface area contributed by atoms with E-state index in [0.29, 0.717) is 5.39 Å². The molecular weight excluding hydrogens is 352 g/mol. The third kappa shape index (κ3) is 4.96. The Labute approximate surface area is 156 Å². The van der Waals surface area contributed by atoms with Crippen molar-refractivity contribution in [1.29, 1.82) is 0 Å². The van der Waals surface area contributed by atoms with Crippen molar-refractivity contribution in [2.45, 2.75) is 45.5 Å². The van der Waals surface area contributed by atoms with Crippen LogP contribution in [0.4, 0.5) is 0 Å². The number of aliphatic hydroxyl groups is 2. The van der Waals surface area contributed by atoms with E-state index >= 15 is 0 Å². The minimum Gasteiger partial charge on any atom is -0.496 e. The van der Waals surface area contributed by atoms with Gasteiger partial charge in [0.25, 0.3) is 0 Å². The van der Waals surface area contributed by atoms with E-state index < -0.39 is 29.4 Å². The van der Waals surface area contributed by atoms with Gasteiger partial charge in [-0.2, -0.15) is 0 Å². The number of methoxy groups -OCH3 is 1. The summed E-state index contributed by atoms with van der Waals surface area (Å²) in [5, 5.41) is 21.9. The molecule has 0 bridgehead atoms. The Kier molecular flexibility index (Phi) is 6.08. The van der Waals surface area contributed by atoms with Crippen molar-refractivity contribution in [2.75, 3.05) is 7.11 Å². The highest BCUT2D eigenvalue weighted by Gasteiger charge is 2.38. The number of esters is 1. The van der Waals surface area contributed by atoms with Crippen LogP contribution < -0.4 is 10.4 Å². The van der Waals surface area contributed by atoms with Crippen molar-refractivity contribution in [3.8, 4) is 5.75 Å². The molecule has 2 atom stereocenters. The van der Waals surface area contributed by atoms with E-state index in [1.54, 1.807) is 26.0 Å². The van der Waals surface area contributed by atoms with Gasteiger partial charge in [-0.3, -0.25) is 0 Å². The van der Waals surface area contributed by atoms with Gasteiger partial charge in [-0.05, 0) is 39.8 Å². The second-order valence-corrected chi connectivity index (χ2v) is 7.06. The van der Waals surface area contributed by atoms with Crippen molar-refractivity contribution < 1.29 is 28.9 Å². The van der Waals surface area contributed by atoms with Crippen LogP contribution in [-0.4, -0.2) is 35.0 Å². The van der Waals surface area contributed by atoms with Crippen LogP contribution in [0, 0.1) is 0 Å². The van der Waals surface area contributed by atoms with Gasteiger partial charge < -0.3 is 24.1 Å². The van der Waals surface area contributed by atoms with Gasteiger partial charge in [-0.1, -0.05) is 5.57 Å². The van der Waals surface area contributed by atoms with Crippen LogP contribution >= 0.6 is 0 Å². The molecule has 0 saturated heterocycles. The molecule has 2 aromatic rings. The molecule has 27 heavy (non-hydrogen) atoms. The number of allylic oxidation sites excluding steroid dienone is 1. The predicted octanol–water partition coefficient (Wildman–Crippen LogP) is 2.48. The number of fused-ring (bicyclic) bond motifs is 1. The smallest absolute Gasteiger partial charge is 0.336 e. The molecule has 2 N–H and O–H groups in total. The number of hydrogen-bond donors (Lipinski definition) is 2. The molecule has 0 unspecified atom stereocenters. The first-order chi connectivity index (χ1) is 12.5. The van der Waals surface area contributed by atoms with E-state index in [4.69, 9.17) is 13.9 Å². The molecule has 1 heterocycles. The van der Waals surface area contributed by atoms with E-state index in [9.17, 15) is 19.8 Å². The molecule has 0 aliphatic heterocycles. The van der Waals surface area contributed by atoms with Crippen molar-refractivity contribution in [2.24, 2.45) is 0 Å². The third-order valence-corrected chi connectivity index (χ3v) is 3.92. The Bertz CT molecular complexity index is 914. The molecule has 1 aromatic carbocycles. The summed E-state index contributed by atoms with van der Waals surface area (Å²) in [7, 11) is 1.40. The largest absolute Gasteiger partial charge is 0.496 e. The zero-order valence-electron chi connectivity index (χ0n) is 16.0. The summed E-state index contributed by atoms with van der Waals surface area (Å²) in [5.74, 6) is -0.441. The van der Waals surface area contributed by atoms with Gasteiger partial charge in [-0.25, -0.2) is 9.59 Å². The molecule has 0 aliphatic carbocycles. The maximum atomic E-state index is 12.0. The van der Waals surface area contributed by atoms with Gasteiger partial charge in [0.2, 0.25) is 0 Å². The van der Waals surface area contributed by atoms with Crippen molar-refractivity contribution >= 4 is 16.9 Å². The van der Waals surface area contributed by atoms with Crippen LogP contribution in [0.3, 0.4) is 0 Å². The highest BCUT2D eigenvalue weighted by Crippen LogP contribution is 2.35. The molecule has 1 aromatic heterocycles. The Morgan fingerprint density at radius 2 is 1.93 bits per heavy atom. The summed E-state index contributed by atoms with van der Waals surface area (Å²) in [6.45, 7) is 6.33. The second kappa shape index (κ2) is 7.94. The fourth-order valence-electron chi connectivity index (χ4n) is 2.68. The van der Waals surface area contributed by atoms with Crippen LogP contribution in [0.5, 0.6) is 5.75 Å². The van der Waals surface area contributed by atoms with E-state index in [1.165, 1.54) is 39.2 Å². The van der Waals surface area contributed by atoms with Gasteiger partial charge in [0, 0.05) is 29.2 Å². The lowest BCUT2D eigenvalue weighted by Gasteiger charge is -2.33. The molecule has 7 heteroatoms. The monoisotopic (exact) mass is 376 g/mol. The highest BCUT2D eigenvalue weighted by atomic mass is 16.6. The van der Waals surface area contributed by atoms with Gasteiger partial charge in [0.05, 0.1) is 12.7 Å². The number of ether oxygens (including phenoxy) is 2. The number of carbonyl (C=O) groups is 1. The topological polar surface area (TPSA) is 106 Å². The number of hydrogen-bond acceptors (Lipinski definition) is 7. The molecule has 0 spiro atoms. The van der Waals surface area contributed by atoms with Crippen LogP contribution in [0.15, 0.2) is 45.1 Å². The molecule has 0 fully saturated rings. The fourth-order valence-corrected chi connectivity index (χ4v) is 2.68. The normalized spacial score (nSPS) is 13.7. The number of aliphatic hydroxyl groups excluding tert-OH is 1. The minimum absolute atomic E-state index is 0.233. The van der Waals surface area contributed by atoms with Crippen LogP contribution in [-0.2, 0) is 9.53 Å². The molecule has 7 nitrogen and oxygen atoms in total. The van der Waals surface area contributed by atoms with Crippen LogP contribution in [0.1, 0.15) is 39.4 Å². The standard InChI is InChI=1S/C20H24O7/c1-11(2)8-17(22)27-19(20(3,4)24)18(23)13-9-12-6-7-16(21)26-14(12)10-15(13)25-5/h6-10,18-19,23-24H,1-5H3/t18-,19+/m0/s1. The molecular formula is C20H24O7. The third-order valence-electron chi connectivity index (χ3n) is 3.92. The Balaban J connectivity index is 2.51. The van der Waals surface area contributed by atoms with Gasteiger partial charge >= 0.3 is 11.6 Å². The Morgan fingerprint density at radius 3 is 2.48 bits per heavy atom. The maximum absolute atomic E-state index is 12.0. The number of rotatable bonds is 6. The molecule has 0 saturated carbocycles. The Hall–Kier alpha value is -2.64. The summed E-state index contributed by atoms with van der Waals surface area (Å²) < 4.78 is 15.7. The molecule has 0 radical (unpaired) electrons. The fraction of sp³-hybridized carbons (Fsp3) is 0.400. The lowest BCUT2D eigenvalue weighted by Crippen LogP contribution is -2.43. The van der Waals surface area contributed by atoms with E-state index in [1.807, 2.05) is 0 Å². The summed E-state index contributed by atoms with van der Waals surface area (Å²) in [5.41, 5.74) is -0.744. The summed E-state index contributed by atoms with van der Waals surface area (Å²) >= 11 is 0. The first-order valence-electron chi connectivity index (χ1n) is 8.40. The van der Waals surface area contributed by atoms with Crippen molar-refractivity contribution in [1.82, 2.24) is 0 Å². The Morgan fingerprint density at radius 1 is 1.26 bits per heavy atom. The zero-order chi connectivity index (χ0) is 20.4. The molecule has 0 amide bonds. The van der Waals surface area contributed by atoms with E-state index in [0.717, 1.165) is 5.57 Å². The first kappa shape index (κ1) is 20.7. The molecule has 0 aliphatic rings. The minimum atomic E-state index is -1.53. The summed E-state index contributed by atoms with van der Waals surface area (Å²) in [6, 6.07) is 5.84. The van der Waals surface area contributed by atoms with Crippen LogP contribution in [0.25, 0.3) is 11.0 Å². The SMILES string of the molecule is COc1cc2oc(=O)ccc2cc1[C@H](O)[C@@H](OC(=O)C=C(C)C)C(C)(C)O.